The molecule has 9 N–H and O–H groups in total. The van der Waals surface area contributed by atoms with E-state index in [1.807, 2.05) is 206 Å². The zero-order valence-electron chi connectivity index (χ0n) is 79.2. The average Bonchev–Trinajstić information content (AvgIpc) is 1.64. The molecule has 2 fully saturated rings. The first-order chi connectivity index (χ1) is 64.7. The first-order valence-corrected chi connectivity index (χ1v) is 43.1. The fourth-order valence-corrected chi connectivity index (χ4v) is 12.9. The molecule has 11 atom stereocenters. The summed E-state index contributed by atoms with van der Waals surface area (Å²) in [5.74, 6) is -4.57. The number of ketones is 5. The molecule has 9 aromatic carbocycles. The van der Waals surface area contributed by atoms with Gasteiger partial charge in [-0.1, -0.05) is 218 Å². The minimum absolute atomic E-state index is 0. The maximum Gasteiger partial charge on any atom is 0.408 e. The molecule has 9 aromatic rings. The number of epoxide rings is 2. The second-order valence-electron chi connectivity index (χ2n) is 32.0. The van der Waals surface area contributed by atoms with Gasteiger partial charge in [-0.2, -0.15) is 0 Å². The summed E-state index contributed by atoms with van der Waals surface area (Å²) < 4.78 is 61.1. The van der Waals surface area contributed by atoms with Crippen LogP contribution in [0.4, 0.5) is 19.2 Å². The van der Waals surface area contributed by atoms with E-state index < -0.39 is 113 Å². The average molecular weight is 2310 g/mol. The van der Waals surface area contributed by atoms with Crippen molar-refractivity contribution in [1.82, 2.24) is 26.6 Å². The zero-order valence-corrected chi connectivity index (χ0v) is 85.5. The van der Waals surface area contributed by atoms with Crippen LogP contribution in [0.1, 0.15) is 114 Å². The predicted octanol–water partition coefficient (Wildman–Crippen LogP) is 13.3. The number of esters is 1. The Kier molecular flexibility index (Phi) is 49.0. The van der Waals surface area contributed by atoms with Gasteiger partial charge in [-0.25, -0.2) is 19.2 Å². The van der Waals surface area contributed by atoms with Crippen molar-refractivity contribution in [2.24, 2.45) is 23.5 Å². The molecular weight excluding hydrogens is 2190 g/mol. The van der Waals surface area contributed by atoms with Gasteiger partial charge in [0.1, 0.15) is 60.9 Å². The maximum atomic E-state index is 13.8. The van der Waals surface area contributed by atoms with Gasteiger partial charge in [0, 0.05) is 90.4 Å². The first kappa shape index (κ1) is 111. The van der Waals surface area contributed by atoms with Gasteiger partial charge in [-0.05, 0) is 160 Å². The summed E-state index contributed by atoms with van der Waals surface area (Å²) in [6.45, 7) is 10.7. The van der Waals surface area contributed by atoms with Crippen LogP contribution >= 0.6 is 0 Å². The molecule has 0 spiro atoms. The van der Waals surface area contributed by atoms with E-state index in [4.69, 9.17) is 61.2 Å². The summed E-state index contributed by atoms with van der Waals surface area (Å²) in [7, 11) is 5.98. The molecule has 2 aliphatic heterocycles. The Labute approximate surface area is 836 Å². The summed E-state index contributed by atoms with van der Waals surface area (Å²) >= 11 is 0. The van der Waals surface area contributed by atoms with E-state index in [2.05, 4.69) is 26.6 Å². The van der Waals surface area contributed by atoms with Crippen LogP contribution in [0, 0.1) is 80.0 Å². The molecule has 0 aliphatic carbocycles. The van der Waals surface area contributed by atoms with Crippen LogP contribution in [0.15, 0.2) is 255 Å². The molecular formula is C102H120N6O25U2. The Morgan fingerprint density at radius 2 is 0.607 bits per heavy atom. The minimum Gasteiger partial charge on any atom is -0.497 e. The number of rotatable bonds is 43. The molecule has 135 heavy (non-hydrogen) atoms. The summed E-state index contributed by atoms with van der Waals surface area (Å²) in [4.78, 5) is 159. The SMILES string of the molecule is COC(=O)[C@@H](CC(=O)[C@H](C)NC(=O)OCc1ccccc1)Cc1ccc(OC)cc1.COc1ccc(C[C@H](CC(=O)[C@H](C)NC(=O)OCc2ccccc2)C(=O)N[C@@H](Cc2ccccc2)C(=O)[C@@]2(C)CO2)cc1.COc1ccc(C[C@H](CC(=O)[C@H](C)NC(=O)OCc2ccccc2)C(=O)O)cc1.C[C@H](NC(=O)OCc1ccccc1)C(=O)O.C[C@]1(C(=O)C(N)Cc2ccccc2)CO1.[3H][3H].[U].[U]. The van der Waals surface area contributed by atoms with Gasteiger partial charge in [0.2, 0.25) is 5.91 Å². The molecule has 33 heteroatoms. The van der Waals surface area contributed by atoms with Crippen LogP contribution in [0.2, 0.25) is 0 Å². The predicted molar refractivity (Wildman–Crippen MR) is 495 cm³/mol. The zero-order chi connectivity index (χ0) is 98.8. The number of ether oxygens (including phenoxy) is 10. The summed E-state index contributed by atoms with van der Waals surface area (Å²) in [5, 5.41) is 30.7. The van der Waals surface area contributed by atoms with Gasteiger partial charge in [0.15, 0.2) is 28.9 Å². The molecule has 5 amide bonds. The Morgan fingerprint density at radius 3 is 0.896 bits per heavy atom. The quantitative estimate of drug-likeness (QED) is 0.00999. The Morgan fingerprint density at radius 1 is 0.348 bits per heavy atom. The van der Waals surface area contributed by atoms with Gasteiger partial charge in [-0.3, -0.25) is 43.2 Å². The van der Waals surface area contributed by atoms with E-state index in [1.165, 1.54) is 21.0 Å². The maximum absolute atomic E-state index is 13.8. The topological polar surface area (TPSA) is 447 Å². The fraction of sp³-hybridized carbons (Fsp3) is 0.343. The van der Waals surface area contributed by atoms with Crippen LogP contribution in [0.3, 0.4) is 0 Å². The van der Waals surface area contributed by atoms with E-state index in [-0.39, 0.29) is 150 Å². The second-order valence-corrected chi connectivity index (χ2v) is 32.0. The van der Waals surface area contributed by atoms with E-state index in [1.54, 1.807) is 97.6 Å². The fourth-order valence-electron chi connectivity index (χ4n) is 12.9. The molecule has 716 valence electrons. The number of carboxylic acids is 2. The molecule has 1 unspecified atom stereocenters. The van der Waals surface area contributed by atoms with Gasteiger partial charge >= 0.3 is 42.3 Å². The number of amides is 5. The molecule has 0 bridgehead atoms. The van der Waals surface area contributed by atoms with E-state index in [9.17, 15) is 67.4 Å². The number of aliphatic carboxylic acids is 2. The van der Waals surface area contributed by atoms with Crippen LogP contribution in [-0.2, 0) is 135 Å². The van der Waals surface area contributed by atoms with Crippen molar-refractivity contribution in [3.05, 3.63) is 305 Å². The van der Waals surface area contributed by atoms with Crippen molar-refractivity contribution in [1.29, 1.82) is 0 Å². The van der Waals surface area contributed by atoms with Crippen LogP contribution in [0.5, 0.6) is 17.2 Å². The van der Waals surface area contributed by atoms with Gasteiger partial charge < -0.3 is 89.9 Å². The van der Waals surface area contributed by atoms with E-state index >= 15 is 0 Å². The molecule has 0 radical (unpaired) electrons. The van der Waals surface area contributed by atoms with Crippen LogP contribution in [0.25, 0.3) is 0 Å². The number of methoxy groups -OCH3 is 4. The van der Waals surface area contributed by atoms with Crippen molar-refractivity contribution < 1.29 is 185 Å². The number of nitrogens with one attached hydrogen (secondary N) is 5. The van der Waals surface area contributed by atoms with Crippen LogP contribution < -0.4 is 46.5 Å². The number of carbonyl (C=O) groups excluding carboxylic acids is 11. The summed E-state index contributed by atoms with van der Waals surface area (Å²) in [6, 6.07) is 72.6. The summed E-state index contributed by atoms with van der Waals surface area (Å²) in [6.07, 6.45) is -1.63. The Hall–Kier alpha value is -12.3. The largest absolute Gasteiger partial charge is 0.497 e. The Bertz CT molecular complexity index is 5220. The van der Waals surface area contributed by atoms with Crippen molar-refractivity contribution in [2.75, 3.05) is 41.7 Å². The van der Waals surface area contributed by atoms with Gasteiger partial charge in [0.05, 0.1) is 83.7 Å². The number of Topliss-reactive ketones (excluding diaryl/α,β-unsaturated/α-hetero) is 5. The number of carbonyl (C=O) groups is 13. The third-order valence-electron chi connectivity index (χ3n) is 21.3. The smallest absolute Gasteiger partial charge is 0.408 e. The molecule has 31 nitrogen and oxygen atoms in total. The first-order valence-electron chi connectivity index (χ1n) is 44.1. The second kappa shape index (κ2) is 59.4. The van der Waals surface area contributed by atoms with E-state index in [0.717, 1.165) is 50.1 Å². The van der Waals surface area contributed by atoms with Gasteiger partial charge in [-0.15, -0.1) is 0 Å². The molecule has 11 rings (SSSR count). The molecule has 2 heterocycles. The Balaban J connectivity index is 0.000000372. The van der Waals surface area contributed by atoms with Gasteiger partial charge in [0.25, 0.3) is 0 Å². The monoisotopic (exact) mass is 2310 g/mol. The number of benzene rings is 9. The minimum atomic E-state index is -1.10. The third-order valence-corrected chi connectivity index (χ3v) is 21.3. The van der Waals surface area contributed by atoms with E-state index in [0.29, 0.717) is 49.7 Å². The molecule has 2 aliphatic rings. The number of nitrogens with two attached hydrogens (primary N) is 1. The van der Waals surface area contributed by atoms with Crippen molar-refractivity contribution in [2.45, 2.75) is 167 Å². The normalized spacial score (nSPS) is 15.3. The number of hydrogen-bond donors (Lipinski definition) is 8. The number of carboxylic acid groups (broad SMARTS) is 2. The molecule has 0 saturated carbocycles. The standard InChI is InChI=1S/C34H38N2O7.C23H27NO6.C22H25NO6.C12H15NO2.C11H13NO4.2U.H2/c1-23(35-33(40)42-21-26-12-8-5-9-13-26)30(37)20-27(18-25-14-16-28(41-3)17-15-25)32(39)36-29(31(38)34(2)22-43-34)19-24-10-6-4-7-11-24;1-16(24-23(27)30-15-18-7-5-4-6-8-18)21(25)14-19(22(26)29-3)13-17-9-11-20(28-2)12-10-17;1-15(23-22(27)29-14-17-6-4-3-5-7-17)20(24)13-18(21(25)26)12-16-8-10-19(28-2)11-9-16;1-12(8-15-12)11(14)10(13)7-9-5-3-2-4-6-9;1-8(10(13)14)12-11(15)16-7-9-5-3-2-4-6-9;;;/h4-17,23,27,29H,18-22H2,1-3H3,(H,35,40)(H,36,39);4-12,16,19H,13-15H2,1-3H3,(H,24,27);3-11,15,18H,12-14H2,1-2H3,(H,23,27)(H,25,26);2-6,10H,7-8,13H2,1H3;2-6,8H,7H2,1H3,(H,12,15)(H,13,14);;;1H/t23-,27+,29-,34+;16-,19+;15-,18+;10?,12-;8-;;;/m00010.../s1/i;;;;;;;1+2T. The van der Waals surface area contributed by atoms with Crippen LogP contribution in [-0.4, -0.2) is 176 Å². The molecule has 2 saturated heterocycles. The van der Waals surface area contributed by atoms with Crippen molar-refractivity contribution in [3.63, 3.8) is 0 Å². The molecule has 0 aromatic heterocycles. The number of hydrogen-bond acceptors (Lipinski definition) is 24. The van der Waals surface area contributed by atoms with Crippen molar-refractivity contribution in [3.8, 4) is 17.2 Å². The van der Waals surface area contributed by atoms with Crippen molar-refractivity contribution >= 4 is 77.1 Å². The summed E-state index contributed by atoms with van der Waals surface area (Å²) in [5.41, 5.74) is 12.1. The number of alkyl carbamates (subject to hydrolysis) is 4. The third kappa shape index (κ3) is 42.0.